The van der Waals surface area contributed by atoms with E-state index < -0.39 is 0 Å². The van der Waals surface area contributed by atoms with Crippen molar-refractivity contribution in [3.05, 3.63) is 94.0 Å². The number of Topliss-reactive ketones (excluding diaryl/α,β-unsaturated/α-hetero) is 1. The summed E-state index contributed by atoms with van der Waals surface area (Å²) in [5, 5.41) is 0. The maximum absolute atomic E-state index is 13.7. The second kappa shape index (κ2) is 11.1. The monoisotopic (exact) mass is 495 g/mol. The molecule has 0 spiro atoms. The van der Waals surface area contributed by atoms with E-state index in [1.54, 1.807) is 0 Å². The Hall–Kier alpha value is -3.11. The first-order valence-corrected chi connectivity index (χ1v) is 13.9. The first kappa shape index (κ1) is 25.5. The summed E-state index contributed by atoms with van der Waals surface area (Å²) >= 11 is 0. The quantitative estimate of drug-likeness (QED) is 0.373. The average Bonchev–Trinajstić information content (AvgIpc) is 2.91. The highest BCUT2D eigenvalue weighted by molar-refractivity contribution is 5.99. The number of benzene rings is 3. The standard InChI is InChI=1S/C33H41N3O/c1-24-9-5-7-11-31(24)35-15-13-28(14-16-35)33(37)30-22-29(26(3)21-27(30)4)23-34-17-19-36(20-18-34)32-12-8-6-10-25(32)2/h5-12,21-22,28H,13-20,23H2,1-4H3. The van der Waals surface area contributed by atoms with Gasteiger partial charge in [-0.1, -0.05) is 42.5 Å². The van der Waals surface area contributed by atoms with Gasteiger partial charge in [-0.3, -0.25) is 9.69 Å². The largest absolute Gasteiger partial charge is 0.371 e. The molecule has 4 heteroatoms. The molecule has 0 unspecified atom stereocenters. The van der Waals surface area contributed by atoms with Gasteiger partial charge in [0, 0.05) is 68.7 Å². The van der Waals surface area contributed by atoms with Gasteiger partial charge < -0.3 is 9.80 Å². The zero-order chi connectivity index (χ0) is 25.9. The van der Waals surface area contributed by atoms with Gasteiger partial charge >= 0.3 is 0 Å². The van der Waals surface area contributed by atoms with Crippen molar-refractivity contribution in [1.82, 2.24) is 4.90 Å². The van der Waals surface area contributed by atoms with Crippen LogP contribution in [0.25, 0.3) is 0 Å². The van der Waals surface area contributed by atoms with Crippen LogP contribution >= 0.6 is 0 Å². The van der Waals surface area contributed by atoms with Crippen molar-refractivity contribution in [3.8, 4) is 0 Å². The van der Waals surface area contributed by atoms with Gasteiger partial charge in [0.05, 0.1) is 0 Å². The van der Waals surface area contributed by atoms with Gasteiger partial charge in [0.2, 0.25) is 0 Å². The summed E-state index contributed by atoms with van der Waals surface area (Å²) in [5.41, 5.74) is 9.98. The Morgan fingerprint density at radius 1 is 0.676 bits per heavy atom. The van der Waals surface area contributed by atoms with Crippen LogP contribution in [0.1, 0.15) is 51.0 Å². The minimum Gasteiger partial charge on any atom is -0.371 e. The maximum atomic E-state index is 13.7. The molecular formula is C33H41N3O. The number of piperidine rings is 1. The second-order valence-corrected chi connectivity index (χ2v) is 11.1. The molecule has 0 amide bonds. The molecule has 2 heterocycles. The van der Waals surface area contributed by atoms with Gasteiger partial charge in [0.15, 0.2) is 5.78 Å². The van der Waals surface area contributed by atoms with E-state index in [1.165, 1.54) is 33.6 Å². The van der Waals surface area contributed by atoms with Gasteiger partial charge in [0.25, 0.3) is 0 Å². The molecule has 2 aliphatic heterocycles. The fourth-order valence-corrected chi connectivity index (χ4v) is 6.16. The number of nitrogens with zero attached hydrogens (tertiary/aromatic N) is 3. The predicted molar refractivity (Wildman–Crippen MR) is 155 cm³/mol. The molecule has 0 N–H and O–H groups in total. The highest BCUT2D eigenvalue weighted by atomic mass is 16.1. The normalized spacial score (nSPS) is 17.3. The molecule has 0 aromatic heterocycles. The van der Waals surface area contributed by atoms with Gasteiger partial charge in [-0.15, -0.1) is 0 Å². The Bertz CT molecular complexity index is 1250. The highest BCUT2D eigenvalue weighted by Crippen LogP contribution is 2.30. The smallest absolute Gasteiger partial charge is 0.166 e. The lowest BCUT2D eigenvalue weighted by Crippen LogP contribution is -2.46. The molecule has 3 aromatic rings. The molecule has 0 aliphatic carbocycles. The van der Waals surface area contributed by atoms with E-state index >= 15 is 0 Å². The number of carbonyl (C=O) groups is 1. The minimum absolute atomic E-state index is 0.118. The maximum Gasteiger partial charge on any atom is 0.166 e. The zero-order valence-electron chi connectivity index (χ0n) is 23.0. The van der Waals surface area contributed by atoms with Crippen LogP contribution in [0.3, 0.4) is 0 Å². The third kappa shape index (κ3) is 5.60. The number of anilines is 2. The SMILES string of the molecule is Cc1cc(C)c(C(=O)C2CCN(c3ccccc3C)CC2)cc1CN1CCN(c2ccccc2C)CC1. The summed E-state index contributed by atoms with van der Waals surface area (Å²) in [6.45, 7) is 15.7. The lowest BCUT2D eigenvalue weighted by Gasteiger charge is -2.37. The highest BCUT2D eigenvalue weighted by Gasteiger charge is 2.28. The van der Waals surface area contributed by atoms with Gasteiger partial charge in [-0.25, -0.2) is 0 Å². The summed E-state index contributed by atoms with van der Waals surface area (Å²) in [6.07, 6.45) is 1.85. The molecule has 0 atom stereocenters. The fraction of sp³-hybridized carbons (Fsp3) is 0.424. The van der Waals surface area contributed by atoms with Crippen molar-refractivity contribution in [2.75, 3.05) is 49.1 Å². The molecule has 4 nitrogen and oxygen atoms in total. The van der Waals surface area contributed by atoms with Crippen molar-refractivity contribution in [1.29, 1.82) is 0 Å². The van der Waals surface area contributed by atoms with Crippen LogP contribution in [0, 0.1) is 33.6 Å². The van der Waals surface area contributed by atoms with Crippen LogP contribution in [0.4, 0.5) is 11.4 Å². The third-order valence-electron chi connectivity index (χ3n) is 8.49. The average molecular weight is 496 g/mol. The molecule has 2 fully saturated rings. The Morgan fingerprint density at radius 3 is 1.78 bits per heavy atom. The molecule has 3 aromatic carbocycles. The summed E-state index contributed by atoms with van der Waals surface area (Å²) in [7, 11) is 0. The zero-order valence-corrected chi connectivity index (χ0v) is 23.0. The molecule has 2 saturated heterocycles. The number of ketones is 1. The molecule has 194 valence electrons. The van der Waals surface area contributed by atoms with E-state index in [0.29, 0.717) is 5.78 Å². The van der Waals surface area contributed by atoms with E-state index in [1.807, 2.05) is 0 Å². The second-order valence-electron chi connectivity index (χ2n) is 11.1. The topological polar surface area (TPSA) is 26.8 Å². The molecule has 2 aliphatic rings. The lowest BCUT2D eigenvalue weighted by atomic mass is 9.85. The van der Waals surface area contributed by atoms with Crippen LogP contribution < -0.4 is 9.80 Å². The number of carbonyl (C=O) groups excluding carboxylic acids is 1. The summed E-state index contributed by atoms with van der Waals surface area (Å²) in [6, 6.07) is 21.7. The number of para-hydroxylation sites is 2. The first-order valence-electron chi connectivity index (χ1n) is 13.9. The lowest BCUT2D eigenvalue weighted by molar-refractivity contribution is 0.0899. The molecular weight excluding hydrogens is 454 g/mol. The van der Waals surface area contributed by atoms with Crippen molar-refractivity contribution < 1.29 is 4.79 Å². The van der Waals surface area contributed by atoms with Crippen molar-refractivity contribution in [3.63, 3.8) is 0 Å². The Balaban J connectivity index is 1.22. The number of hydrogen-bond acceptors (Lipinski definition) is 4. The summed E-state index contributed by atoms with van der Waals surface area (Å²) in [5.74, 6) is 0.458. The molecule has 5 rings (SSSR count). The van der Waals surface area contributed by atoms with Crippen molar-refractivity contribution in [2.24, 2.45) is 5.92 Å². The van der Waals surface area contributed by atoms with Crippen LogP contribution in [0.5, 0.6) is 0 Å². The Labute approximate surface area is 222 Å². The number of rotatable bonds is 6. The van der Waals surface area contributed by atoms with E-state index in [0.717, 1.165) is 69.8 Å². The van der Waals surface area contributed by atoms with E-state index in [2.05, 4.69) is 103 Å². The van der Waals surface area contributed by atoms with Crippen LogP contribution in [-0.4, -0.2) is 50.0 Å². The van der Waals surface area contributed by atoms with E-state index in [9.17, 15) is 4.79 Å². The van der Waals surface area contributed by atoms with Crippen molar-refractivity contribution in [2.45, 2.75) is 47.1 Å². The fourth-order valence-electron chi connectivity index (χ4n) is 6.16. The Morgan fingerprint density at radius 2 is 1.22 bits per heavy atom. The Kier molecular flexibility index (Phi) is 7.66. The molecule has 0 bridgehead atoms. The number of piperazine rings is 1. The van der Waals surface area contributed by atoms with Crippen molar-refractivity contribution >= 4 is 17.2 Å². The number of hydrogen-bond donors (Lipinski definition) is 0. The summed E-state index contributed by atoms with van der Waals surface area (Å²) < 4.78 is 0. The molecule has 0 radical (unpaired) electrons. The summed E-state index contributed by atoms with van der Waals surface area (Å²) in [4.78, 5) is 21.2. The van der Waals surface area contributed by atoms with Crippen LogP contribution in [0.2, 0.25) is 0 Å². The molecule has 0 saturated carbocycles. The predicted octanol–water partition coefficient (Wildman–Crippen LogP) is 6.34. The minimum atomic E-state index is 0.118. The third-order valence-corrected chi connectivity index (χ3v) is 8.49. The molecule has 37 heavy (non-hydrogen) atoms. The number of aryl methyl sites for hydroxylation is 4. The van der Waals surface area contributed by atoms with E-state index in [4.69, 9.17) is 0 Å². The van der Waals surface area contributed by atoms with Crippen LogP contribution in [0.15, 0.2) is 60.7 Å². The van der Waals surface area contributed by atoms with E-state index in [-0.39, 0.29) is 5.92 Å². The van der Waals surface area contributed by atoms with Gasteiger partial charge in [-0.2, -0.15) is 0 Å². The van der Waals surface area contributed by atoms with Crippen LogP contribution in [-0.2, 0) is 6.54 Å². The first-order chi connectivity index (χ1) is 17.9. The van der Waals surface area contributed by atoms with Gasteiger partial charge in [0.1, 0.15) is 0 Å². The van der Waals surface area contributed by atoms with Gasteiger partial charge in [-0.05, 0) is 86.6 Å².